The number of aromatic nitrogens is 1. The predicted molar refractivity (Wildman–Crippen MR) is 68.3 cm³/mol. The average molecular weight is 288 g/mol. The predicted octanol–water partition coefficient (Wildman–Crippen LogP) is 3.10. The lowest BCUT2D eigenvalue weighted by molar-refractivity contribution is -0.116. The van der Waals surface area contributed by atoms with Crippen LogP contribution in [0.1, 0.15) is 18.9 Å². The standard InChI is InChI=1S/C11H14BrNOS/c1-2-3-15-8-11(14)5-9-4-10(12)7-13-6-9/h4,6-7H,2-3,5,8H2,1H3. The van der Waals surface area contributed by atoms with Crippen LogP contribution in [-0.4, -0.2) is 22.3 Å². The number of Topliss-reactive ketones (excluding diaryl/α,β-unsaturated/α-hetero) is 1. The molecule has 15 heavy (non-hydrogen) atoms. The van der Waals surface area contributed by atoms with Crippen LogP contribution in [-0.2, 0) is 11.2 Å². The van der Waals surface area contributed by atoms with Gasteiger partial charge in [-0.15, -0.1) is 0 Å². The summed E-state index contributed by atoms with van der Waals surface area (Å²) < 4.78 is 0.925. The fraction of sp³-hybridized carbons (Fsp3) is 0.455. The van der Waals surface area contributed by atoms with Gasteiger partial charge in [0.2, 0.25) is 0 Å². The van der Waals surface area contributed by atoms with Gasteiger partial charge >= 0.3 is 0 Å². The molecule has 0 fully saturated rings. The summed E-state index contributed by atoms with van der Waals surface area (Å²) >= 11 is 5.04. The smallest absolute Gasteiger partial charge is 0.147 e. The Hall–Kier alpha value is -0.350. The normalized spacial score (nSPS) is 10.3. The highest BCUT2D eigenvalue weighted by Crippen LogP contribution is 2.11. The first-order chi connectivity index (χ1) is 7.22. The van der Waals surface area contributed by atoms with Crippen LogP contribution in [0.25, 0.3) is 0 Å². The minimum Gasteiger partial charge on any atom is -0.298 e. The molecule has 0 amide bonds. The third kappa shape index (κ3) is 5.33. The summed E-state index contributed by atoms with van der Waals surface area (Å²) in [5, 5.41) is 0. The molecule has 1 heterocycles. The first kappa shape index (κ1) is 12.7. The molecule has 0 N–H and O–H groups in total. The van der Waals surface area contributed by atoms with Crippen molar-refractivity contribution in [2.24, 2.45) is 0 Å². The molecule has 0 unspecified atom stereocenters. The van der Waals surface area contributed by atoms with Gasteiger partial charge in [-0.2, -0.15) is 11.8 Å². The zero-order valence-corrected chi connectivity index (χ0v) is 11.1. The quantitative estimate of drug-likeness (QED) is 0.753. The second-order valence-corrected chi connectivity index (χ2v) is 5.30. The maximum atomic E-state index is 11.5. The fourth-order valence-electron chi connectivity index (χ4n) is 1.16. The molecule has 0 aliphatic carbocycles. The molecular weight excluding hydrogens is 274 g/mol. The third-order valence-electron chi connectivity index (χ3n) is 1.77. The monoisotopic (exact) mass is 287 g/mol. The first-order valence-electron chi connectivity index (χ1n) is 4.91. The molecule has 0 bridgehead atoms. The van der Waals surface area contributed by atoms with Gasteiger partial charge in [0.05, 0.1) is 5.75 Å². The average Bonchev–Trinajstić information content (AvgIpc) is 2.18. The molecule has 4 heteroatoms. The maximum Gasteiger partial charge on any atom is 0.147 e. The van der Waals surface area contributed by atoms with Crippen LogP contribution in [0.5, 0.6) is 0 Å². The Bertz CT molecular complexity index is 330. The lowest BCUT2D eigenvalue weighted by Crippen LogP contribution is -2.06. The number of nitrogens with zero attached hydrogens (tertiary/aromatic N) is 1. The van der Waals surface area contributed by atoms with Crippen LogP contribution in [0.2, 0.25) is 0 Å². The van der Waals surface area contributed by atoms with Gasteiger partial charge in [-0.3, -0.25) is 9.78 Å². The van der Waals surface area contributed by atoms with Crippen LogP contribution in [0.4, 0.5) is 0 Å². The third-order valence-corrected chi connectivity index (χ3v) is 3.43. The van der Waals surface area contributed by atoms with Crippen LogP contribution in [0.15, 0.2) is 22.9 Å². The number of pyridine rings is 1. The van der Waals surface area contributed by atoms with Gasteiger partial charge in [-0.25, -0.2) is 0 Å². The highest BCUT2D eigenvalue weighted by atomic mass is 79.9. The number of halogens is 1. The molecule has 0 saturated heterocycles. The molecule has 0 radical (unpaired) electrons. The molecule has 0 aliphatic rings. The number of hydrogen-bond donors (Lipinski definition) is 0. The summed E-state index contributed by atoms with van der Waals surface area (Å²) in [7, 11) is 0. The molecule has 82 valence electrons. The second kappa shape index (κ2) is 7.01. The van der Waals surface area contributed by atoms with Crippen molar-refractivity contribution in [2.45, 2.75) is 19.8 Å². The van der Waals surface area contributed by atoms with Crippen molar-refractivity contribution in [3.8, 4) is 0 Å². The van der Waals surface area contributed by atoms with Gasteiger partial charge < -0.3 is 0 Å². The molecule has 0 atom stereocenters. The van der Waals surface area contributed by atoms with E-state index in [0.29, 0.717) is 12.2 Å². The molecule has 0 aromatic carbocycles. The Morgan fingerprint density at radius 1 is 1.53 bits per heavy atom. The Kier molecular flexibility index (Phi) is 5.95. The lowest BCUT2D eigenvalue weighted by Gasteiger charge is -2.01. The second-order valence-electron chi connectivity index (χ2n) is 3.28. The van der Waals surface area contributed by atoms with Crippen LogP contribution >= 0.6 is 27.7 Å². The van der Waals surface area contributed by atoms with Crippen molar-refractivity contribution in [1.29, 1.82) is 0 Å². The van der Waals surface area contributed by atoms with Gasteiger partial charge in [0.25, 0.3) is 0 Å². The van der Waals surface area contributed by atoms with Crippen LogP contribution in [0, 0.1) is 0 Å². The van der Waals surface area contributed by atoms with E-state index in [9.17, 15) is 4.79 Å². The topological polar surface area (TPSA) is 30.0 Å². The summed E-state index contributed by atoms with van der Waals surface area (Å²) in [5.74, 6) is 1.94. The molecule has 0 aliphatic heterocycles. The Morgan fingerprint density at radius 3 is 3.00 bits per heavy atom. The molecule has 2 nitrogen and oxygen atoms in total. The van der Waals surface area contributed by atoms with E-state index >= 15 is 0 Å². The van der Waals surface area contributed by atoms with E-state index in [4.69, 9.17) is 0 Å². The minimum atomic E-state index is 0.272. The van der Waals surface area contributed by atoms with Crippen molar-refractivity contribution in [3.63, 3.8) is 0 Å². The van der Waals surface area contributed by atoms with Gasteiger partial charge in [0.1, 0.15) is 5.78 Å². The van der Waals surface area contributed by atoms with Gasteiger partial charge in [0, 0.05) is 23.3 Å². The van der Waals surface area contributed by atoms with Gasteiger partial charge in [-0.1, -0.05) is 6.92 Å². The van der Waals surface area contributed by atoms with E-state index in [1.807, 2.05) is 6.07 Å². The van der Waals surface area contributed by atoms with Crippen LogP contribution in [0.3, 0.4) is 0 Å². The largest absolute Gasteiger partial charge is 0.298 e. The minimum absolute atomic E-state index is 0.272. The maximum absolute atomic E-state index is 11.5. The fourth-order valence-corrected chi connectivity index (χ4v) is 2.34. The highest BCUT2D eigenvalue weighted by molar-refractivity contribution is 9.10. The molecule has 0 spiro atoms. The summed E-state index contributed by atoms with van der Waals surface area (Å²) in [5.41, 5.74) is 0.978. The van der Waals surface area contributed by atoms with Crippen molar-refractivity contribution in [3.05, 3.63) is 28.5 Å². The van der Waals surface area contributed by atoms with Crippen LogP contribution < -0.4 is 0 Å². The zero-order valence-electron chi connectivity index (χ0n) is 8.70. The number of ketones is 1. The zero-order chi connectivity index (χ0) is 11.1. The van der Waals surface area contributed by atoms with E-state index in [2.05, 4.69) is 27.8 Å². The SMILES string of the molecule is CCCSCC(=O)Cc1cncc(Br)c1. The summed E-state index contributed by atoms with van der Waals surface area (Å²) in [6.45, 7) is 2.12. The van der Waals surface area contributed by atoms with Crippen molar-refractivity contribution in [1.82, 2.24) is 4.98 Å². The number of carbonyl (C=O) groups is 1. The Labute approximate surface area is 103 Å². The van der Waals surface area contributed by atoms with E-state index < -0.39 is 0 Å². The highest BCUT2D eigenvalue weighted by Gasteiger charge is 2.04. The summed E-state index contributed by atoms with van der Waals surface area (Å²) in [6, 6.07) is 1.94. The Morgan fingerprint density at radius 2 is 2.33 bits per heavy atom. The van der Waals surface area contributed by atoms with E-state index in [-0.39, 0.29) is 5.78 Å². The summed E-state index contributed by atoms with van der Waals surface area (Å²) in [6.07, 6.45) is 5.08. The van der Waals surface area contributed by atoms with Crippen molar-refractivity contribution >= 4 is 33.5 Å². The first-order valence-corrected chi connectivity index (χ1v) is 6.86. The number of rotatable bonds is 6. The van der Waals surface area contributed by atoms with Gasteiger partial charge in [0.15, 0.2) is 0 Å². The molecule has 1 aromatic rings. The number of hydrogen-bond acceptors (Lipinski definition) is 3. The summed E-state index contributed by atoms with van der Waals surface area (Å²) in [4.78, 5) is 15.6. The molecule has 1 aromatic heterocycles. The number of carbonyl (C=O) groups excluding carboxylic acids is 1. The molecular formula is C11H14BrNOS. The van der Waals surface area contributed by atoms with E-state index in [1.165, 1.54) is 0 Å². The molecule has 0 saturated carbocycles. The lowest BCUT2D eigenvalue weighted by atomic mass is 10.2. The van der Waals surface area contributed by atoms with Gasteiger partial charge in [-0.05, 0) is 39.7 Å². The van der Waals surface area contributed by atoms with E-state index in [1.54, 1.807) is 24.2 Å². The number of thioether (sulfide) groups is 1. The Balaban J connectivity index is 2.37. The van der Waals surface area contributed by atoms with E-state index in [0.717, 1.165) is 22.2 Å². The van der Waals surface area contributed by atoms with Crippen molar-refractivity contribution in [2.75, 3.05) is 11.5 Å². The molecule has 1 rings (SSSR count). The van der Waals surface area contributed by atoms with Crippen molar-refractivity contribution < 1.29 is 4.79 Å².